The fourth-order valence-electron chi connectivity index (χ4n) is 2.64. The Kier molecular flexibility index (Phi) is 5.85. The van der Waals surface area contributed by atoms with Crippen LogP contribution in [0.5, 0.6) is 0 Å². The molecule has 2 amide bonds. The van der Waals surface area contributed by atoms with Crippen LogP contribution in [0.3, 0.4) is 0 Å². The molecular formula is C20H28N4O2. The quantitative estimate of drug-likeness (QED) is 0.864. The molecular weight excluding hydrogens is 328 g/mol. The topological polar surface area (TPSA) is 76.0 Å². The molecule has 0 aliphatic heterocycles. The lowest BCUT2D eigenvalue weighted by Crippen LogP contribution is -2.50. The molecule has 0 radical (unpaired) electrons. The molecule has 0 aliphatic carbocycles. The number of aromatic nitrogens is 2. The van der Waals surface area contributed by atoms with E-state index in [1.807, 2.05) is 63.6 Å². The molecule has 2 aromatic rings. The van der Waals surface area contributed by atoms with Crippen molar-refractivity contribution in [3.05, 3.63) is 52.8 Å². The first-order valence-electron chi connectivity index (χ1n) is 8.78. The summed E-state index contributed by atoms with van der Waals surface area (Å²) in [5.41, 5.74) is 3.21. The molecule has 1 aromatic heterocycles. The second-order valence-electron chi connectivity index (χ2n) is 7.72. The number of aryl methyl sites for hydroxylation is 2. The standard InChI is InChI=1S/C20H28N4O2/c1-13-10-14(2)24(23-13)12-16-8-7-9-17(11-16)19(26)21-15(3)18(25)22-20(4,5)6/h7-11,15H,12H2,1-6H3,(H,21,26)(H,22,25)/t15-/m0/s1. The molecule has 0 unspecified atom stereocenters. The maximum atomic E-state index is 12.5. The van der Waals surface area contributed by atoms with E-state index in [0.29, 0.717) is 12.1 Å². The van der Waals surface area contributed by atoms with Crippen molar-refractivity contribution in [1.29, 1.82) is 0 Å². The smallest absolute Gasteiger partial charge is 0.251 e. The molecule has 0 saturated carbocycles. The number of amides is 2. The van der Waals surface area contributed by atoms with Gasteiger partial charge in [0.05, 0.1) is 12.2 Å². The molecule has 1 aromatic carbocycles. The van der Waals surface area contributed by atoms with Gasteiger partial charge < -0.3 is 10.6 Å². The van der Waals surface area contributed by atoms with Crippen LogP contribution in [0.1, 0.15) is 55.0 Å². The maximum Gasteiger partial charge on any atom is 0.251 e. The second kappa shape index (κ2) is 7.72. The van der Waals surface area contributed by atoms with Gasteiger partial charge in [0.2, 0.25) is 5.91 Å². The van der Waals surface area contributed by atoms with Crippen molar-refractivity contribution in [3.63, 3.8) is 0 Å². The SMILES string of the molecule is Cc1cc(C)n(Cc2cccc(C(=O)N[C@@H](C)C(=O)NC(C)(C)C)c2)n1. The highest BCUT2D eigenvalue weighted by Gasteiger charge is 2.21. The van der Waals surface area contributed by atoms with Gasteiger partial charge in [-0.1, -0.05) is 12.1 Å². The number of carbonyl (C=O) groups is 2. The van der Waals surface area contributed by atoms with Gasteiger partial charge in [0.1, 0.15) is 6.04 Å². The predicted octanol–water partition coefficient (Wildman–Crippen LogP) is 2.58. The summed E-state index contributed by atoms with van der Waals surface area (Å²) in [6.45, 7) is 12.0. The van der Waals surface area contributed by atoms with Gasteiger partial charge in [-0.3, -0.25) is 14.3 Å². The van der Waals surface area contributed by atoms with Gasteiger partial charge >= 0.3 is 0 Å². The third-order valence-corrected chi connectivity index (χ3v) is 3.86. The summed E-state index contributed by atoms with van der Waals surface area (Å²) >= 11 is 0. The third-order valence-electron chi connectivity index (χ3n) is 3.86. The van der Waals surface area contributed by atoms with E-state index in [1.165, 1.54) is 0 Å². The van der Waals surface area contributed by atoms with Crippen LogP contribution in [0.25, 0.3) is 0 Å². The number of benzene rings is 1. The number of nitrogens with zero attached hydrogens (tertiary/aromatic N) is 2. The molecule has 0 spiro atoms. The minimum Gasteiger partial charge on any atom is -0.350 e. The molecule has 140 valence electrons. The van der Waals surface area contributed by atoms with E-state index in [2.05, 4.69) is 15.7 Å². The highest BCUT2D eigenvalue weighted by molar-refractivity contribution is 5.97. The average molecular weight is 356 g/mol. The number of nitrogens with one attached hydrogen (secondary N) is 2. The largest absolute Gasteiger partial charge is 0.350 e. The summed E-state index contributed by atoms with van der Waals surface area (Å²) in [5, 5.41) is 10.1. The fourth-order valence-corrected chi connectivity index (χ4v) is 2.64. The highest BCUT2D eigenvalue weighted by atomic mass is 16.2. The lowest BCUT2D eigenvalue weighted by molar-refractivity contribution is -0.124. The third kappa shape index (κ3) is 5.44. The van der Waals surface area contributed by atoms with E-state index in [4.69, 9.17) is 0 Å². The van der Waals surface area contributed by atoms with Gasteiger partial charge in [-0.2, -0.15) is 5.10 Å². The van der Waals surface area contributed by atoms with Crippen LogP contribution in [-0.4, -0.2) is 33.2 Å². The average Bonchev–Trinajstić information content (AvgIpc) is 2.83. The maximum absolute atomic E-state index is 12.5. The van der Waals surface area contributed by atoms with Crippen LogP contribution in [0, 0.1) is 13.8 Å². The number of rotatable bonds is 5. The molecule has 26 heavy (non-hydrogen) atoms. The van der Waals surface area contributed by atoms with Crippen molar-refractivity contribution in [3.8, 4) is 0 Å². The summed E-state index contributed by atoms with van der Waals surface area (Å²) in [4.78, 5) is 24.6. The Hall–Kier alpha value is -2.63. The number of carbonyl (C=O) groups excluding carboxylic acids is 2. The van der Waals surface area contributed by atoms with Gasteiger partial charge in [-0.05, 0) is 65.3 Å². The van der Waals surface area contributed by atoms with Gasteiger partial charge in [-0.25, -0.2) is 0 Å². The van der Waals surface area contributed by atoms with Crippen molar-refractivity contribution in [1.82, 2.24) is 20.4 Å². The molecule has 1 heterocycles. The molecule has 0 fully saturated rings. The van der Waals surface area contributed by atoms with E-state index in [0.717, 1.165) is 17.0 Å². The summed E-state index contributed by atoms with van der Waals surface area (Å²) in [7, 11) is 0. The van der Waals surface area contributed by atoms with E-state index in [9.17, 15) is 9.59 Å². The Morgan fingerprint density at radius 2 is 1.88 bits per heavy atom. The van der Waals surface area contributed by atoms with Gasteiger partial charge in [0, 0.05) is 16.8 Å². The lowest BCUT2D eigenvalue weighted by Gasteiger charge is -2.23. The lowest BCUT2D eigenvalue weighted by atomic mass is 10.1. The summed E-state index contributed by atoms with van der Waals surface area (Å²) in [6, 6.07) is 8.79. The normalized spacial score (nSPS) is 12.5. The Morgan fingerprint density at radius 3 is 2.46 bits per heavy atom. The van der Waals surface area contributed by atoms with Crippen LogP contribution in [0.4, 0.5) is 0 Å². The summed E-state index contributed by atoms with van der Waals surface area (Å²) in [5.74, 6) is -0.471. The summed E-state index contributed by atoms with van der Waals surface area (Å²) in [6.07, 6.45) is 0. The van der Waals surface area contributed by atoms with Crippen LogP contribution in [0.15, 0.2) is 30.3 Å². The molecule has 6 heteroatoms. The van der Waals surface area contributed by atoms with Crippen molar-refractivity contribution >= 4 is 11.8 Å². The molecule has 0 bridgehead atoms. The van der Waals surface area contributed by atoms with Gasteiger partial charge in [0.15, 0.2) is 0 Å². The second-order valence-corrected chi connectivity index (χ2v) is 7.72. The van der Waals surface area contributed by atoms with Crippen molar-refractivity contribution in [2.24, 2.45) is 0 Å². The van der Waals surface area contributed by atoms with Crippen LogP contribution in [-0.2, 0) is 11.3 Å². The molecule has 6 nitrogen and oxygen atoms in total. The van der Waals surface area contributed by atoms with Crippen LogP contribution < -0.4 is 10.6 Å². The van der Waals surface area contributed by atoms with E-state index in [1.54, 1.807) is 13.0 Å². The van der Waals surface area contributed by atoms with Crippen molar-refractivity contribution in [2.75, 3.05) is 0 Å². The van der Waals surface area contributed by atoms with E-state index < -0.39 is 6.04 Å². The highest BCUT2D eigenvalue weighted by Crippen LogP contribution is 2.10. The molecule has 0 saturated heterocycles. The zero-order chi connectivity index (χ0) is 19.5. The van der Waals surface area contributed by atoms with E-state index in [-0.39, 0.29) is 17.4 Å². The Balaban J connectivity index is 2.05. The molecule has 0 aliphatic rings. The van der Waals surface area contributed by atoms with Crippen molar-refractivity contribution < 1.29 is 9.59 Å². The Bertz CT molecular complexity index is 802. The first-order valence-corrected chi connectivity index (χ1v) is 8.78. The van der Waals surface area contributed by atoms with Crippen LogP contribution in [0.2, 0.25) is 0 Å². The minimum atomic E-state index is -0.610. The zero-order valence-electron chi connectivity index (χ0n) is 16.4. The van der Waals surface area contributed by atoms with E-state index >= 15 is 0 Å². The molecule has 2 rings (SSSR count). The van der Waals surface area contributed by atoms with Gasteiger partial charge in [-0.15, -0.1) is 0 Å². The number of hydrogen-bond donors (Lipinski definition) is 2. The minimum absolute atomic E-state index is 0.204. The zero-order valence-corrected chi connectivity index (χ0v) is 16.4. The molecule has 2 N–H and O–H groups in total. The monoisotopic (exact) mass is 356 g/mol. The first kappa shape index (κ1) is 19.7. The fraction of sp³-hybridized carbons (Fsp3) is 0.450. The van der Waals surface area contributed by atoms with Crippen LogP contribution >= 0.6 is 0 Å². The Labute approximate surface area is 155 Å². The van der Waals surface area contributed by atoms with Gasteiger partial charge in [0.25, 0.3) is 5.91 Å². The summed E-state index contributed by atoms with van der Waals surface area (Å²) < 4.78 is 1.91. The Morgan fingerprint density at radius 1 is 1.19 bits per heavy atom. The number of hydrogen-bond acceptors (Lipinski definition) is 3. The predicted molar refractivity (Wildman–Crippen MR) is 102 cm³/mol. The van der Waals surface area contributed by atoms with Crippen molar-refractivity contribution in [2.45, 2.75) is 59.7 Å². The first-order chi connectivity index (χ1) is 12.0. The molecule has 1 atom stereocenters.